The van der Waals surface area contributed by atoms with Gasteiger partial charge in [0, 0.05) is 15.3 Å². The van der Waals surface area contributed by atoms with Crippen LogP contribution in [0.25, 0.3) is 0 Å². The summed E-state index contributed by atoms with van der Waals surface area (Å²) >= 11 is 0. The van der Waals surface area contributed by atoms with E-state index in [9.17, 15) is 0 Å². The maximum Gasteiger partial charge on any atom is 0.0587 e. The highest BCUT2D eigenvalue weighted by atomic mass is 14.2. The Morgan fingerprint density at radius 3 is 1.75 bits per heavy atom. The van der Waals surface area contributed by atoms with Crippen molar-refractivity contribution in [1.29, 1.82) is 5.26 Å². The van der Waals surface area contributed by atoms with E-state index in [-0.39, 0.29) is 8.41 Å². The fourth-order valence-electron chi connectivity index (χ4n) is 0. The molecule has 0 aliphatic carbocycles. The Kier molecular flexibility index (Phi) is 48.1. The Hall–Kier alpha value is -0.445. The van der Waals surface area contributed by atoms with Crippen LogP contribution < -0.4 is 0 Å². The van der Waals surface area contributed by atoms with Crippen molar-refractivity contribution >= 4 is 8.41 Å². The molecule has 0 fully saturated rings. The Labute approximate surface area is 27.8 Å². The van der Waals surface area contributed by atoms with E-state index in [0.717, 1.165) is 0 Å². The van der Waals surface area contributed by atoms with Gasteiger partial charge in [-0.1, -0.05) is 0 Å². The van der Waals surface area contributed by atoms with Crippen molar-refractivity contribution in [1.82, 2.24) is 0 Å². The van der Waals surface area contributed by atoms with E-state index in [0.29, 0.717) is 0 Å². The highest BCUT2D eigenvalue weighted by molar-refractivity contribution is 5.75. The van der Waals surface area contributed by atoms with Gasteiger partial charge in [-0.15, -0.1) is 0 Å². The molecule has 2 heteroatoms. The largest absolute Gasteiger partial charge is 0.199 e. The van der Waals surface area contributed by atoms with Crippen LogP contribution in [0.5, 0.6) is 0 Å². The van der Waals surface area contributed by atoms with Crippen molar-refractivity contribution < 1.29 is 0 Å². The molecule has 0 N–H and O–H groups in total. The van der Waals surface area contributed by atoms with E-state index >= 15 is 0 Å². The van der Waals surface area contributed by atoms with Crippen molar-refractivity contribution in [3.05, 3.63) is 0 Å². The van der Waals surface area contributed by atoms with Crippen molar-refractivity contribution in [3.8, 4) is 6.07 Å². The molecular weight excluding hydrogens is 48.8 g/mol. The second kappa shape index (κ2) is 20.1. The predicted octanol–water partition coefficient (Wildman–Crippen LogP) is 0.149. The molecule has 0 saturated carbocycles. The zero-order valence-electron chi connectivity index (χ0n) is 2.52. The van der Waals surface area contributed by atoms with E-state index in [4.69, 9.17) is 5.26 Å². The highest BCUT2D eigenvalue weighted by Gasteiger charge is 1.17. The number of hydrogen-bond donors (Lipinski definition) is 0. The highest BCUT2D eigenvalue weighted by Crippen LogP contribution is 1.21. The van der Waals surface area contributed by atoms with Gasteiger partial charge in [-0.25, -0.2) is 0 Å². The normalized spacial score (nSPS) is 2.00. The SMILES string of the molecule is CC#N.[B]. The summed E-state index contributed by atoms with van der Waals surface area (Å²) in [5.74, 6) is 0. The fraction of sp³-hybridized carbons (Fsp3) is 0.500. The van der Waals surface area contributed by atoms with Crippen LogP contribution in [0.3, 0.4) is 0 Å². The van der Waals surface area contributed by atoms with Crippen LogP contribution in [-0.2, 0) is 0 Å². The van der Waals surface area contributed by atoms with Crippen molar-refractivity contribution in [3.63, 3.8) is 0 Å². The second-order valence-corrected chi connectivity index (χ2v) is 0.224. The summed E-state index contributed by atoms with van der Waals surface area (Å²) in [6, 6.07) is 1.75. The zero-order chi connectivity index (χ0) is 2.71. The first-order valence-corrected chi connectivity index (χ1v) is 0.724. The average Bonchev–Trinajstić information content (AvgIpc) is 0.918. The summed E-state index contributed by atoms with van der Waals surface area (Å²) < 4.78 is 0. The van der Waals surface area contributed by atoms with Crippen LogP contribution in [0.1, 0.15) is 6.92 Å². The van der Waals surface area contributed by atoms with Gasteiger partial charge >= 0.3 is 0 Å². The van der Waals surface area contributed by atoms with Crippen LogP contribution in [0.2, 0.25) is 0 Å². The van der Waals surface area contributed by atoms with Gasteiger partial charge in [0.1, 0.15) is 0 Å². The smallest absolute Gasteiger partial charge is 0.0587 e. The molecule has 0 saturated heterocycles. The molecule has 19 valence electrons. The maximum absolute atomic E-state index is 7.32. The van der Waals surface area contributed by atoms with Gasteiger partial charge in [-0.2, -0.15) is 5.26 Å². The first-order chi connectivity index (χ1) is 1.41. The first-order valence-electron chi connectivity index (χ1n) is 0.724. The molecule has 0 spiro atoms. The fourth-order valence-corrected chi connectivity index (χ4v) is 0. The van der Waals surface area contributed by atoms with E-state index in [1.807, 2.05) is 0 Å². The molecule has 0 aromatic carbocycles. The number of rotatable bonds is 0. The van der Waals surface area contributed by atoms with Crippen LogP contribution in [0.4, 0.5) is 0 Å². The number of nitrogens with zero attached hydrogens (tertiary/aromatic N) is 1. The Bertz CT molecular complexity index is 27.5. The molecule has 0 unspecified atom stereocenters. The summed E-state index contributed by atoms with van der Waals surface area (Å²) in [6.07, 6.45) is 0. The van der Waals surface area contributed by atoms with Gasteiger partial charge in [-0.3, -0.25) is 0 Å². The van der Waals surface area contributed by atoms with Gasteiger partial charge in [0.25, 0.3) is 0 Å². The van der Waals surface area contributed by atoms with E-state index in [1.165, 1.54) is 6.92 Å². The molecule has 0 rings (SSSR count). The quantitative estimate of drug-likeness (QED) is 0.360. The van der Waals surface area contributed by atoms with Gasteiger partial charge < -0.3 is 0 Å². The summed E-state index contributed by atoms with van der Waals surface area (Å²) in [7, 11) is 0. The number of nitriles is 1. The van der Waals surface area contributed by atoms with Crippen LogP contribution in [0, 0.1) is 11.3 Å². The van der Waals surface area contributed by atoms with Crippen LogP contribution in [0.15, 0.2) is 0 Å². The molecule has 0 aromatic rings. The lowest BCUT2D eigenvalue weighted by molar-refractivity contribution is 1.49. The Morgan fingerprint density at radius 1 is 1.75 bits per heavy atom. The minimum Gasteiger partial charge on any atom is -0.199 e. The third-order valence-corrected chi connectivity index (χ3v) is 0. The molecule has 1 nitrogen and oxygen atoms in total. The van der Waals surface area contributed by atoms with Gasteiger partial charge in [0.15, 0.2) is 0 Å². The van der Waals surface area contributed by atoms with Gasteiger partial charge in [0.2, 0.25) is 0 Å². The average molecular weight is 51.9 g/mol. The molecule has 0 bridgehead atoms. The van der Waals surface area contributed by atoms with Gasteiger partial charge in [-0.05, 0) is 0 Å². The van der Waals surface area contributed by atoms with Gasteiger partial charge in [0.05, 0.1) is 6.07 Å². The van der Waals surface area contributed by atoms with Crippen LogP contribution >= 0.6 is 0 Å². The van der Waals surface area contributed by atoms with E-state index in [1.54, 1.807) is 6.07 Å². The lowest BCUT2D eigenvalue weighted by Gasteiger charge is -1.15. The first kappa shape index (κ1) is 9.60. The molecule has 4 heavy (non-hydrogen) atoms. The summed E-state index contributed by atoms with van der Waals surface area (Å²) in [6.45, 7) is 1.43. The molecule has 0 aliphatic rings. The van der Waals surface area contributed by atoms with Crippen molar-refractivity contribution in [2.24, 2.45) is 0 Å². The molecule has 3 radical (unpaired) electrons. The molecule has 0 heterocycles. The monoisotopic (exact) mass is 52.0 g/mol. The van der Waals surface area contributed by atoms with Crippen molar-refractivity contribution in [2.45, 2.75) is 6.92 Å². The predicted molar refractivity (Wildman–Crippen MR) is 17.0 cm³/mol. The molecule has 0 atom stereocenters. The summed E-state index contributed by atoms with van der Waals surface area (Å²) in [4.78, 5) is 0. The Morgan fingerprint density at radius 2 is 1.75 bits per heavy atom. The van der Waals surface area contributed by atoms with Crippen molar-refractivity contribution in [2.75, 3.05) is 0 Å². The minimum atomic E-state index is 0. The number of hydrogen-bond acceptors (Lipinski definition) is 1. The molecule has 0 aliphatic heterocycles. The maximum atomic E-state index is 7.32. The Balaban J connectivity index is 0. The topological polar surface area (TPSA) is 23.8 Å². The lowest BCUT2D eigenvalue weighted by atomic mass is 10.8. The van der Waals surface area contributed by atoms with Crippen LogP contribution in [-0.4, -0.2) is 8.41 Å². The van der Waals surface area contributed by atoms with E-state index < -0.39 is 0 Å². The second-order valence-electron chi connectivity index (χ2n) is 0.224. The summed E-state index contributed by atoms with van der Waals surface area (Å²) in [5.41, 5.74) is 0. The molecule has 0 aromatic heterocycles. The third kappa shape index (κ3) is 2.42. The van der Waals surface area contributed by atoms with E-state index in [2.05, 4.69) is 0 Å². The zero-order valence-corrected chi connectivity index (χ0v) is 2.52. The molecule has 0 amide bonds. The third-order valence-electron chi connectivity index (χ3n) is 0. The minimum absolute atomic E-state index is 0. The lowest BCUT2D eigenvalue weighted by Crippen LogP contribution is -1.10. The standard InChI is InChI=1S/C2H3N.B/c1-2-3;/h1H3;. The molecular formula is C2H3BN. The summed E-state index contributed by atoms with van der Waals surface area (Å²) in [5, 5.41) is 7.32.